The summed E-state index contributed by atoms with van der Waals surface area (Å²) in [5.74, 6) is -0.322. The summed E-state index contributed by atoms with van der Waals surface area (Å²) in [7, 11) is 0. The van der Waals surface area contributed by atoms with E-state index >= 15 is 0 Å². The third kappa shape index (κ3) is 4.34. The van der Waals surface area contributed by atoms with Crippen LogP contribution in [0.1, 0.15) is 21.5 Å². The van der Waals surface area contributed by atoms with Crippen molar-refractivity contribution in [1.82, 2.24) is 5.43 Å². The van der Waals surface area contributed by atoms with Gasteiger partial charge in [-0.2, -0.15) is 5.10 Å². The van der Waals surface area contributed by atoms with E-state index < -0.39 is 0 Å². The van der Waals surface area contributed by atoms with Crippen LogP contribution in [0.3, 0.4) is 0 Å². The van der Waals surface area contributed by atoms with Crippen molar-refractivity contribution < 1.29 is 4.79 Å². The maximum Gasteiger partial charge on any atom is 0.272 e. The number of amides is 1. The molecule has 0 spiro atoms. The Morgan fingerprint density at radius 3 is 2.57 bits per heavy atom. The minimum atomic E-state index is -0.322. The molecule has 2 aromatic rings. The maximum absolute atomic E-state index is 12.0. The van der Waals surface area contributed by atoms with E-state index in [2.05, 4.69) is 10.5 Å². The highest BCUT2D eigenvalue weighted by Gasteiger charge is 2.08. The van der Waals surface area contributed by atoms with Gasteiger partial charge in [0, 0.05) is 4.90 Å². The standard InChI is InChI=1S/C16H15ClN2OS/c1-11-3-8-14(15(17)9-11)16(20)19-18-10-12-4-6-13(21-2)7-5-12/h3-10H,1-2H3,(H,19,20)/b18-10+. The third-order valence-corrected chi connectivity index (χ3v) is 3.92. The van der Waals surface area contributed by atoms with E-state index in [0.29, 0.717) is 10.6 Å². The largest absolute Gasteiger partial charge is 0.272 e. The molecule has 0 atom stereocenters. The average Bonchev–Trinajstić information content (AvgIpc) is 2.47. The molecule has 0 fully saturated rings. The first-order valence-electron chi connectivity index (χ1n) is 6.34. The third-order valence-electron chi connectivity index (χ3n) is 2.86. The second-order valence-electron chi connectivity index (χ2n) is 4.46. The van der Waals surface area contributed by atoms with Gasteiger partial charge in [0.05, 0.1) is 16.8 Å². The molecular weight excluding hydrogens is 304 g/mol. The first kappa shape index (κ1) is 15.6. The van der Waals surface area contributed by atoms with Gasteiger partial charge < -0.3 is 0 Å². The van der Waals surface area contributed by atoms with Crippen LogP contribution in [0.25, 0.3) is 0 Å². The fourth-order valence-electron chi connectivity index (χ4n) is 1.72. The fraction of sp³-hybridized carbons (Fsp3) is 0.125. The van der Waals surface area contributed by atoms with Crippen LogP contribution in [-0.2, 0) is 0 Å². The number of nitrogens with one attached hydrogen (secondary N) is 1. The van der Waals surface area contributed by atoms with Crippen molar-refractivity contribution in [2.45, 2.75) is 11.8 Å². The lowest BCUT2D eigenvalue weighted by molar-refractivity contribution is 0.0955. The highest BCUT2D eigenvalue weighted by atomic mass is 35.5. The number of benzene rings is 2. The summed E-state index contributed by atoms with van der Waals surface area (Å²) < 4.78 is 0. The van der Waals surface area contributed by atoms with Crippen molar-refractivity contribution in [3.05, 3.63) is 64.2 Å². The number of hydrogen-bond acceptors (Lipinski definition) is 3. The summed E-state index contributed by atoms with van der Waals surface area (Å²) in [5.41, 5.74) is 4.82. The molecule has 0 unspecified atom stereocenters. The molecule has 0 saturated carbocycles. The van der Waals surface area contributed by atoms with Gasteiger partial charge in [-0.05, 0) is 48.6 Å². The van der Waals surface area contributed by atoms with Gasteiger partial charge in [-0.15, -0.1) is 11.8 Å². The lowest BCUT2D eigenvalue weighted by Gasteiger charge is -2.03. The molecule has 2 aromatic carbocycles. The quantitative estimate of drug-likeness (QED) is 0.523. The fourth-order valence-corrected chi connectivity index (χ4v) is 2.45. The molecule has 0 aromatic heterocycles. The number of hydrogen-bond donors (Lipinski definition) is 1. The van der Waals surface area contributed by atoms with E-state index in [1.54, 1.807) is 30.1 Å². The summed E-state index contributed by atoms with van der Waals surface area (Å²) in [6, 6.07) is 13.2. The van der Waals surface area contributed by atoms with E-state index in [4.69, 9.17) is 11.6 Å². The van der Waals surface area contributed by atoms with E-state index in [-0.39, 0.29) is 5.91 Å². The van der Waals surface area contributed by atoms with Crippen molar-refractivity contribution in [3.8, 4) is 0 Å². The molecule has 0 aliphatic carbocycles. The predicted octanol–water partition coefficient (Wildman–Crippen LogP) is 4.13. The van der Waals surface area contributed by atoms with E-state index in [1.807, 2.05) is 43.5 Å². The zero-order chi connectivity index (χ0) is 15.2. The first-order chi connectivity index (χ1) is 10.1. The topological polar surface area (TPSA) is 41.5 Å². The van der Waals surface area contributed by atoms with E-state index in [0.717, 1.165) is 11.1 Å². The Morgan fingerprint density at radius 1 is 1.24 bits per heavy atom. The van der Waals surface area contributed by atoms with Crippen molar-refractivity contribution in [3.63, 3.8) is 0 Å². The van der Waals surface area contributed by atoms with Gasteiger partial charge in [0.1, 0.15) is 0 Å². The number of rotatable bonds is 4. The van der Waals surface area contributed by atoms with Crippen molar-refractivity contribution in [2.75, 3.05) is 6.26 Å². The highest BCUT2D eigenvalue weighted by molar-refractivity contribution is 7.98. The summed E-state index contributed by atoms with van der Waals surface area (Å²) in [4.78, 5) is 13.1. The van der Waals surface area contributed by atoms with Gasteiger partial charge in [0.15, 0.2) is 0 Å². The van der Waals surface area contributed by atoms with Crippen molar-refractivity contribution >= 4 is 35.5 Å². The van der Waals surface area contributed by atoms with Gasteiger partial charge in [-0.1, -0.05) is 29.8 Å². The highest BCUT2D eigenvalue weighted by Crippen LogP contribution is 2.17. The first-order valence-corrected chi connectivity index (χ1v) is 7.94. The zero-order valence-corrected chi connectivity index (χ0v) is 13.3. The van der Waals surface area contributed by atoms with Gasteiger partial charge in [-0.25, -0.2) is 5.43 Å². The van der Waals surface area contributed by atoms with Gasteiger partial charge in [0.2, 0.25) is 0 Å². The second kappa shape index (κ2) is 7.29. The molecule has 2 rings (SSSR count). The Labute approximate surface area is 133 Å². The molecule has 21 heavy (non-hydrogen) atoms. The second-order valence-corrected chi connectivity index (χ2v) is 5.74. The number of aryl methyl sites for hydroxylation is 1. The summed E-state index contributed by atoms with van der Waals surface area (Å²) in [5, 5.41) is 4.37. The number of thioether (sulfide) groups is 1. The molecule has 1 amide bonds. The Balaban J connectivity index is 2.01. The minimum absolute atomic E-state index is 0.322. The SMILES string of the molecule is CSc1ccc(/C=N/NC(=O)c2ccc(C)cc2Cl)cc1. The van der Waals surface area contributed by atoms with Crippen LogP contribution in [0.5, 0.6) is 0 Å². The lowest BCUT2D eigenvalue weighted by atomic mass is 10.1. The summed E-state index contributed by atoms with van der Waals surface area (Å²) in [6.45, 7) is 1.92. The summed E-state index contributed by atoms with van der Waals surface area (Å²) in [6.07, 6.45) is 3.62. The average molecular weight is 319 g/mol. The van der Waals surface area contributed by atoms with Gasteiger partial charge in [0.25, 0.3) is 5.91 Å². The number of nitrogens with zero attached hydrogens (tertiary/aromatic N) is 1. The van der Waals surface area contributed by atoms with Crippen LogP contribution < -0.4 is 5.43 Å². The number of hydrazone groups is 1. The molecular formula is C16H15ClN2OS. The smallest absolute Gasteiger partial charge is 0.267 e. The van der Waals surface area contributed by atoms with Crippen LogP contribution in [0.2, 0.25) is 5.02 Å². The Kier molecular flexibility index (Phi) is 5.42. The maximum atomic E-state index is 12.0. The van der Waals surface area contributed by atoms with Crippen LogP contribution in [0.4, 0.5) is 0 Å². The number of carbonyl (C=O) groups excluding carboxylic acids is 1. The molecule has 5 heteroatoms. The van der Waals surface area contributed by atoms with Crippen molar-refractivity contribution in [2.24, 2.45) is 5.10 Å². The number of halogens is 1. The van der Waals surface area contributed by atoms with E-state index in [1.165, 1.54) is 4.90 Å². The normalized spacial score (nSPS) is 10.8. The predicted molar refractivity (Wildman–Crippen MR) is 89.5 cm³/mol. The monoisotopic (exact) mass is 318 g/mol. The molecule has 0 aliphatic rings. The Bertz CT molecular complexity index is 668. The zero-order valence-electron chi connectivity index (χ0n) is 11.8. The van der Waals surface area contributed by atoms with Gasteiger partial charge in [-0.3, -0.25) is 4.79 Å². The number of carbonyl (C=O) groups is 1. The molecule has 0 radical (unpaired) electrons. The van der Waals surface area contributed by atoms with Crippen LogP contribution >= 0.6 is 23.4 Å². The van der Waals surface area contributed by atoms with Crippen molar-refractivity contribution in [1.29, 1.82) is 0 Å². The molecule has 0 bridgehead atoms. The molecule has 0 saturated heterocycles. The molecule has 1 N–H and O–H groups in total. The molecule has 0 aliphatic heterocycles. The Hall–Kier alpha value is -1.78. The van der Waals surface area contributed by atoms with Crippen LogP contribution in [0.15, 0.2) is 52.5 Å². The molecule has 0 heterocycles. The Morgan fingerprint density at radius 2 is 1.95 bits per heavy atom. The lowest BCUT2D eigenvalue weighted by Crippen LogP contribution is -2.18. The van der Waals surface area contributed by atoms with Crippen LogP contribution in [0, 0.1) is 6.92 Å². The summed E-state index contributed by atoms with van der Waals surface area (Å²) >= 11 is 7.72. The molecule has 108 valence electrons. The molecule has 3 nitrogen and oxygen atoms in total. The van der Waals surface area contributed by atoms with Gasteiger partial charge >= 0.3 is 0 Å². The van der Waals surface area contributed by atoms with Crippen LogP contribution in [-0.4, -0.2) is 18.4 Å². The van der Waals surface area contributed by atoms with E-state index in [9.17, 15) is 4.79 Å². The minimum Gasteiger partial charge on any atom is -0.267 e.